The Bertz CT molecular complexity index is 600. The molecule has 18 heavy (non-hydrogen) atoms. The number of hydroxylamine groups is 1. The topological polar surface area (TPSA) is 44.6 Å². The van der Waals surface area contributed by atoms with Crippen molar-refractivity contribution in [2.24, 2.45) is 4.99 Å². The summed E-state index contributed by atoms with van der Waals surface area (Å²) in [6.45, 7) is 0. The van der Waals surface area contributed by atoms with Gasteiger partial charge in [-0.1, -0.05) is 23.2 Å². The predicted molar refractivity (Wildman–Crippen MR) is 71.9 cm³/mol. The lowest BCUT2D eigenvalue weighted by Gasteiger charge is -2.02. The van der Waals surface area contributed by atoms with E-state index in [1.54, 1.807) is 12.1 Å². The average Bonchev–Trinajstić information content (AvgIpc) is 2.77. The summed E-state index contributed by atoms with van der Waals surface area (Å²) < 4.78 is 13.6. The molecule has 0 unspecified atom stereocenters. The molecular formula is C11H7Cl2FN2OS. The fourth-order valence-corrected chi connectivity index (χ4v) is 2.42. The highest BCUT2D eigenvalue weighted by molar-refractivity contribution is 7.18. The zero-order valence-corrected chi connectivity index (χ0v) is 11.2. The number of amidine groups is 1. The third-order valence-corrected chi connectivity index (χ3v) is 3.58. The van der Waals surface area contributed by atoms with Crippen LogP contribution in [0.3, 0.4) is 0 Å². The number of hydrogen-bond donors (Lipinski definition) is 2. The van der Waals surface area contributed by atoms with Gasteiger partial charge in [-0.3, -0.25) is 10.7 Å². The summed E-state index contributed by atoms with van der Waals surface area (Å²) >= 11 is 12.7. The van der Waals surface area contributed by atoms with E-state index in [2.05, 4.69) is 4.99 Å². The van der Waals surface area contributed by atoms with Crippen molar-refractivity contribution in [3.63, 3.8) is 0 Å². The van der Waals surface area contributed by atoms with Gasteiger partial charge in [0, 0.05) is 0 Å². The van der Waals surface area contributed by atoms with Gasteiger partial charge in [0.2, 0.25) is 0 Å². The molecule has 1 aromatic carbocycles. The second-order valence-corrected chi connectivity index (χ2v) is 5.40. The molecule has 0 atom stereocenters. The minimum atomic E-state index is -0.520. The van der Waals surface area contributed by atoms with E-state index in [0.29, 0.717) is 14.9 Å². The van der Waals surface area contributed by atoms with Crippen LogP contribution < -0.4 is 5.48 Å². The molecule has 0 bridgehead atoms. The number of nitrogens with one attached hydrogen (secondary N) is 1. The Morgan fingerprint density at radius 1 is 1.28 bits per heavy atom. The quantitative estimate of drug-likeness (QED) is 0.495. The summed E-state index contributed by atoms with van der Waals surface area (Å²) in [5.74, 6) is -0.303. The number of hydrogen-bond acceptors (Lipinski definition) is 3. The number of rotatable bonds is 2. The molecule has 0 aliphatic carbocycles. The Morgan fingerprint density at radius 3 is 2.61 bits per heavy atom. The van der Waals surface area contributed by atoms with Gasteiger partial charge in [-0.15, -0.1) is 11.3 Å². The number of benzene rings is 1. The first-order chi connectivity index (χ1) is 8.60. The lowest BCUT2D eigenvalue weighted by molar-refractivity contribution is 0.235. The highest BCUT2D eigenvalue weighted by atomic mass is 35.5. The van der Waals surface area contributed by atoms with Gasteiger partial charge in [0.25, 0.3) is 0 Å². The molecule has 94 valence electrons. The molecule has 0 aliphatic rings. The third-order valence-electron chi connectivity index (χ3n) is 2.06. The zero-order chi connectivity index (χ0) is 13.1. The Morgan fingerprint density at radius 2 is 2.06 bits per heavy atom. The lowest BCUT2D eigenvalue weighted by Crippen LogP contribution is -2.18. The van der Waals surface area contributed by atoms with E-state index < -0.39 is 5.82 Å². The standard InChI is InChI=1S/C11H7Cl2FN2OS/c12-7-5-6(1-2-8(7)14)15-11(16-17)9-3-4-10(13)18-9/h1-5,17H,(H,15,16). The van der Waals surface area contributed by atoms with Crippen molar-refractivity contribution in [2.45, 2.75) is 0 Å². The summed E-state index contributed by atoms with van der Waals surface area (Å²) in [6, 6.07) is 7.42. The molecule has 1 aromatic heterocycles. The third kappa shape index (κ3) is 3.00. The molecular weight excluding hydrogens is 298 g/mol. The van der Waals surface area contributed by atoms with Gasteiger partial charge in [0.1, 0.15) is 5.82 Å². The molecule has 0 aliphatic heterocycles. The van der Waals surface area contributed by atoms with E-state index >= 15 is 0 Å². The number of aliphatic imine (C=N–C) groups is 1. The molecule has 0 amide bonds. The first-order valence-electron chi connectivity index (χ1n) is 4.79. The normalized spacial score (nSPS) is 11.7. The molecule has 0 saturated heterocycles. The van der Waals surface area contributed by atoms with Crippen LogP contribution in [0.2, 0.25) is 9.36 Å². The first kappa shape index (κ1) is 13.3. The van der Waals surface area contributed by atoms with Crippen LogP contribution in [0.4, 0.5) is 10.1 Å². The molecule has 0 fully saturated rings. The van der Waals surface area contributed by atoms with Gasteiger partial charge < -0.3 is 0 Å². The van der Waals surface area contributed by atoms with Crippen LogP contribution in [-0.2, 0) is 0 Å². The molecule has 2 N–H and O–H groups in total. The van der Waals surface area contributed by atoms with E-state index in [0.717, 1.165) is 0 Å². The predicted octanol–water partition coefficient (Wildman–Crippen LogP) is 4.25. The molecule has 0 saturated carbocycles. The molecule has 3 nitrogen and oxygen atoms in total. The summed E-state index contributed by atoms with van der Waals surface area (Å²) in [5.41, 5.74) is 2.40. The summed E-state index contributed by atoms with van der Waals surface area (Å²) in [6.07, 6.45) is 0. The highest BCUT2D eigenvalue weighted by Gasteiger charge is 2.07. The average molecular weight is 305 g/mol. The van der Waals surface area contributed by atoms with Crippen LogP contribution >= 0.6 is 34.5 Å². The van der Waals surface area contributed by atoms with E-state index in [1.165, 1.54) is 29.5 Å². The smallest absolute Gasteiger partial charge is 0.167 e. The van der Waals surface area contributed by atoms with Gasteiger partial charge in [-0.25, -0.2) is 9.38 Å². The largest absolute Gasteiger partial charge is 0.290 e. The Kier molecular flexibility index (Phi) is 4.19. The minimum absolute atomic E-state index is 0.0299. The lowest BCUT2D eigenvalue weighted by atomic mass is 10.3. The van der Waals surface area contributed by atoms with Crippen molar-refractivity contribution in [1.29, 1.82) is 0 Å². The fourth-order valence-electron chi connectivity index (χ4n) is 1.26. The molecule has 1 heterocycles. The summed E-state index contributed by atoms with van der Waals surface area (Å²) in [5, 5.41) is 9.02. The van der Waals surface area contributed by atoms with Crippen LogP contribution in [-0.4, -0.2) is 11.0 Å². The molecule has 0 radical (unpaired) electrons. The van der Waals surface area contributed by atoms with Crippen LogP contribution in [0.5, 0.6) is 0 Å². The van der Waals surface area contributed by atoms with Crippen molar-refractivity contribution in [3.8, 4) is 0 Å². The Labute approximate surface area is 116 Å². The minimum Gasteiger partial charge on any atom is -0.290 e. The molecule has 2 rings (SSSR count). The molecule has 7 heteroatoms. The Hall–Kier alpha value is -1.14. The van der Waals surface area contributed by atoms with Crippen molar-refractivity contribution in [3.05, 3.63) is 50.4 Å². The maximum absolute atomic E-state index is 13.0. The van der Waals surface area contributed by atoms with E-state index in [-0.39, 0.29) is 10.9 Å². The first-order valence-corrected chi connectivity index (χ1v) is 6.37. The number of nitrogens with zero attached hydrogens (tertiary/aromatic N) is 1. The van der Waals surface area contributed by atoms with Gasteiger partial charge in [-0.05, 0) is 30.3 Å². The van der Waals surface area contributed by atoms with Gasteiger partial charge in [0.15, 0.2) is 5.84 Å². The van der Waals surface area contributed by atoms with Crippen molar-refractivity contribution >= 4 is 46.1 Å². The van der Waals surface area contributed by atoms with Crippen LogP contribution in [0, 0.1) is 5.82 Å². The fraction of sp³-hybridized carbons (Fsp3) is 0. The monoisotopic (exact) mass is 304 g/mol. The Balaban J connectivity index is 2.37. The molecule has 0 spiro atoms. The van der Waals surface area contributed by atoms with Crippen LogP contribution in [0.1, 0.15) is 4.88 Å². The second kappa shape index (κ2) is 5.67. The van der Waals surface area contributed by atoms with Crippen LogP contribution in [0.15, 0.2) is 35.3 Å². The van der Waals surface area contributed by atoms with Crippen molar-refractivity contribution < 1.29 is 9.60 Å². The second-order valence-electron chi connectivity index (χ2n) is 3.27. The van der Waals surface area contributed by atoms with Gasteiger partial charge in [0.05, 0.1) is 19.9 Å². The van der Waals surface area contributed by atoms with Gasteiger partial charge >= 0.3 is 0 Å². The van der Waals surface area contributed by atoms with E-state index in [9.17, 15) is 4.39 Å². The zero-order valence-electron chi connectivity index (χ0n) is 8.82. The molecule has 2 aromatic rings. The van der Waals surface area contributed by atoms with E-state index in [1.807, 2.05) is 5.48 Å². The maximum Gasteiger partial charge on any atom is 0.167 e. The van der Waals surface area contributed by atoms with Crippen molar-refractivity contribution in [2.75, 3.05) is 0 Å². The highest BCUT2D eigenvalue weighted by Crippen LogP contribution is 2.25. The maximum atomic E-state index is 13.0. The van der Waals surface area contributed by atoms with E-state index in [4.69, 9.17) is 28.4 Å². The summed E-state index contributed by atoms with van der Waals surface area (Å²) in [7, 11) is 0. The van der Waals surface area contributed by atoms with Crippen molar-refractivity contribution in [1.82, 2.24) is 5.48 Å². The van der Waals surface area contributed by atoms with Crippen LogP contribution in [0.25, 0.3) is 0 Å². The number of halogens is 3. The summed E-state index contributed by atoms with van der Waals surface area (Å²) in [4.78, 5) is 4.77. The van der Waals surface area contributed by atoms with Gasteiger partial charge in [-0.2, -0.15) is 0 Å². The SMILES string of the molecule is ONC(=Nc1ccc(F)c(Cl)c1)c1ccc(Cl)s1. The number of thiophene rings is 1.